The maximum Gasteiger partial charge on any atom is 0.224 e. The van der Waals surface area contributed by atoms with Crippen molar-refractivity contribution in [2.24, 2.45) is 11.8 Å². The van der Waals surface area contributed by atoms with E-state index in [-0.39, 0.29) is 18.4 Å². The molecule has 1 amide bonds. The second-order valence-corrected chi connectivity index (χ2v) is 4.76. The van der Waals surface area contributed by atoms with Gasteiger partial charge < -0.3 is 15.7 Å². The molecule has 3 N–H and O–H groups in total. The van der Waals surface area contributed by atoms with Gasteiger partial charge in [0, 0.05) is 19.7 Å². The van der Waals surface area contributed by atoms with E-state index in [1.165, 1.54) is 0 Å². The van der Waals surface area contributed by atoms with Gasteiger partial charge in [-0.3, -0.25) is 4.79 Å². The fourth-order valence-electron chi connectivity index (χ4n) is 1.97. The zero-order valence-corrected chi connectivity index (χ0v) is 10.2. The summed E-state index contributed by atoms with van der Waals surface area (Å²) in [5, 5.41) is 15.1. The van der Waals surface area contributed by atoms with Gasteiger partial charge in [-0.15, -0.1) is 0 Å². The smallest absolute Gasteiger partial charge is 0.224 e. The lowest BCUT2D eigenvalue weighted by Crippen LogP contribution is -2.40. The predicted molar refractivity (Wildman–Crippen MR) is 64.1 cm³/mol. The van der Waals surface area contributed by atoms with E-state index in [4.69, 9.17) is 5.11 Å². The number of aliphatic hydroxyl groups excluding tert-OH is 1. The molecule has 4 heteroatoms. The van der Waals surface area contributed by atoms with Gasteiger partial charge in [-0.1, -0.05) is 6.92 Å². The maximum absolute atomic E-state index is 11.7. The number of hydrogen-bond acceptors (Lipinski definition) is 3. The van der Waals surface area contributed by atoms with Gasteiger partial charge in [0.15, 0.2) is 0 Å². The number of carbonyl (C=O) groups is 1. The third kappa shape index (κ3) is 4.94. The average Bonchev–Trinajstić information content (AvgIpc) is 2.35. The molecule has 0 aromatic rings. The third-order valence-corrected chi connectivity index (χ3v) is 3.15. The number of aliphatic hydroxyl groups is 1. The van der Waals surface area contributed by atoms with Crippen LogP contribution in [0, 0.1) is 11.8 Å². The lowest BCUT2D eigenvalue weighted by atomic mass is 9.99. The van der Waals surface area contributed by atoms with Crippen molar-refractivity contribution in [2.75, 3.05) is 26.2 Å². The van der Waals surface area contributed by atoms with E-state index in [0.717, 1.165) is 45.3 Å². The number of carbonyl (C=O) groups excluding carboxylic acids is 1. The minimum atomic E-state index is 0.156. The van der Waals surface area contributed by atoms with Crippen molar-refractivity contribution in [3.8, 4) is 0 Å². The minimum absolute atomic E-state index is 0.156. The Bertz CT molecular complexity index is 203. The standard InChI is InChI=1S/C12H24N2O2/c1-10(9-15)4-2-7-14-12(16)11-5-3-6-13-8-11/h10-11,13,15H,2-9H2,1H3,(H,14,16)/t10?,11-/m1/s1. The van der Waals surface area contributed by atoms with Crippen LogP contribution in [-0.4, -0.2) is 37.3 Å². The lowest BCUT2D eigenvalue weighted by Gasteiger charge is -2.21. The Morgan fingerprint density at radius 1 is 1.62 bits per heavy atom. The summed E-state index contributed by atoms with van der Waals surface area (Å²) >= 11 is 0. The molecule has 0 saturated carbocycles. The summed E-state index contributed by atoms with van der Waals surface area (Å²) < 4.78 is 0. The Labute approximate surface area is 97.8 Å². The molecule has 1 aliphatic heterocycles. The first-order valence-electron chi connectivity index (χ1n) is 6.33. The molecule has 2 atom stereocenters. The number of nitrogens with one attached hydrogen (secondary N) is 2. The fraction of sp³-hybridized carbons (Fsp3) is 0.917. The summed E-state index contributed by atoms with van der Waals surface area (Å²) in [5.41, 5.74) is 0. The summed E-state index contributed by atoms with van der Waals surface area (Å²) in [7, 11) is 0. The topological polar surface area (TPSA) is 61.4 Å². The SMILES string of the molecule is CC(CO)CCCNC(=O)[C@@H]1CCCNC1. The molecule has 0 aromatic carbocycles. The van der Waals surface area contributed by atoms with E-state index in [1.807, 2.05) is 6.92 Å². The van der Waals surface area contributed by atoms with Crippen LogP contribution in [0.1, 0.15) is 32.6 Å². The van der Waals surface area contributed by atoms with Crippen LogP contribution in [0.4, 0.5) is 0 Å². The molecule has 1 rings (SSSR count). The summed E-state index contributed by atoms with van der Waals surface area (Å²) in [4.78, 5) is 11.7. The molecule has 0 radical (unpaired) electrons. The first-order chi connectivity index (χ1) is 7.74. The zero-order valence-electron chi connectivity index (χ0n) is 10.2. The number of amides is 1. The van der Waals surface area contributed by atoms with E-state index in [9.17, 15) is 4.79 Å². The van der Waals surface area contributed by atoms with Gasteiger partial charge in [-0.25, -0.2) is 0 Å². The molecular formula is C12H24N2O2. The minimum Gasteiger partial charge on any atom is -0.396 e. The van der Waals surface area contributed by atoms with Crippen molar-refractivity contribution in [3.63, 3.8) is 0 Å². The summed E-state index contributed by atoms with van der Waals surface area (Å²) in [6, 6.07) is 0. The van der Waals surface area contributed by atoms with Gasteiger partial charge in [0.1, 0.15) is 0 Å². The van der Waals surface area contributed by atoms with Gasteiger partial charge in [0.25, 0.3) is 0 Å². The summed E-state index contributed by atoms with van der Waals surface area (Å²) in [6.45, 7) is 4.85. The summed E-state index contributed by atoms with van der Waals surface area (Å²) in [5.74, 6) is 0.682. The molecule has 1 heterocycles. The number of rotatable bonds is 6. The van der Waals surface area contributed by atoms with Crippen LogP contribution >= 0.6 is 0 Å². The van der Waals surface area contributed by atoms with Crippen molar-refractivity contribution < 1.29 is 9.90 Å². The molecule has 1 fully saturated rings. The first-order valence-corrected chi connectivity index (χ1v) is 6.33. The number of piperidine rings is 1. The molecule has 0 aromatic heterocycles. The molecular weight excluding hydrogens is 204 g/mol. The molecule has 0 bridgehead atoms. The average molecular weight is 228 g/mol. The molecule has 4 nitrogen and oxygen atoms in total. The lowest BCUT2D eigenvalue weighted by molar-refractivity contribution is -0.125. The van der Waals surface area contributed by atoms with E-state index < -0.39 is 0 Å². The fourth-order valence-corrected chi connectivity index (χ4v) is 1.97. The molecule has 16 heavy (non-hydrogen) atoms. The van der Waals surface area contributed by atoms with Crippen LogP contribution in [0.2, 0.25) is 0 Å². The van der Waals surface area contributed by atoms with Gasteiger partial charge in [-0.05, 0) is 38.1 Å². The van der Waals surface area contributed by atoms with Crippen molar-refractivity contribution >= 4 is 5.91 Å². The third-order valence-electron chi connectivity index (χ3n) is 3.15. The van der Waals surface area contributed by atoms with E-state index in [1.54, 1.807) is 0 Å². The largest absolute Gasteiger partial charge is 0.396 e. The van der Waals surface area contributed by atoms with Crippen LogP contribution < -0.4 is 10.6 Å². The molecule has 1 aliphatic rings. The van der Waals surface area contributed by atoms with Crippen LogP contribution in [0.25, 0.3) is 0 Å². The Morgan fingerprint density at radius 2 is 2.44 bits per heavy atom. The molecule has 1 unspecified atom stereocenters. The van der Waals surface area contributed by atoms with Gasteiger partial charge in [0.05, 0.1) is 5.92 Å². The highest BCUT2D eigenvalue weighted by molar-refractivity contribution is 5.78. The van der Waals surface area contributed by atoms with Crippen molar-refractivity contribution in [2.45, 2.75) is 32.6 Å². The monoisotopic (exact) mass is 228 g/mol. The Hall–Kier alpha value is -0.610. The van der Waals surface area contributed by atoms with Crippen LogP contribution in [-0.2, 0) is 4.79 Å². The zero-order chi connectivity index (χ0) is 11.8. The van der Waals surface area contributed by atoms with E-state index in [2.05, 4.69) is 10.6 Å². The Kier molecular flexibility index (Phi) is 6.42. The first kappa shape index (κ1) is 13.5. The van der Waals surface area contributed by atoms with Crippen LogP contribution in [0.15, 0.2) is 0 Å². The second-order valence-electron chi connectivity index (χ2n) is 4.76. The Balaban J connectivity index is 2.05. The highest BCUT2D eigenvalue weighted by Gasteiger charge is 2.19. The molecule has 94 valence electrons. The van der Waals surface area contributed by atoms with Crippen molar-refractivity contribution in [1.29, 1.82) is 0 Å². The summed E-state index contributed by atoms with van der Waals surface area (Å²) in [6.07, 6.45) is 4.03. The van der Waals surface area contributed by atoms with Crippen molar-refractivity contribution in [1.82, 2.24) is 10.6 Å². The van der Waals surface area contributed by atoms with Crippen LogP contribution in [0.5, 0.6) is 0 Å². The van der Waals surface area contributed by atoms with Gasteiger partial charge in [0.2, 0.25) is 5.91 Å². The molecule has 0 spiro atoms. The van der Waals surface area contributed by atoms with E-state index >= 15 is 0 Å². The quantitative estimate of drug-likeness (QED) is 0.581. The predicted octanol–water partition coefficient (Wildman–Crippen LogP) is 0.511. The van der Waals surface area contributed by atoms with Crippen LogP contribution in [0.3, 0.4) is 0 Å². The highest BCUT2D eigenvalue weighted by atomic mass is 16.3. The highest BCUT2D eigenvalue weighted by Crippen LogP contribution is 2.09. The number of hydrogen-bond donors (Lipinski definition) is 3. The molecule has 1 saturated heterocycles. The second kappa shape index (κ2) is 7.63. The van der Waals surface area contributed by atoms with Gasteiger partial charge >= 0.3 is 0 Å². The Morgan fingerprint density at radius 3 is 3.06 bits per heavy atom. The normalized spacial score (nSPS) is 22.8. The molecule has 0 aliphatic carbocycles. The van der Waals surface area contributed by atoms with Crippen molar-refractivity contribution in [3.05, 3.63) is 0 Å². The van der Waals surface area contributed by atoms with Gasteiger partial charge in [-0.2, -0.15) is 0 Å². The van der Waals surface area contributed by atoms with E-state index in [0.29, 0.717) is 5.92 Å². The maximum atomic E-state index is 11.7.